The summed E-state index contributed by atoms with van der Waals surface area (Å²) in [4.78, 5) is 5.41. The van der Waals surface area contributed by atoms with Crippen LogP contribution in [0.3, 0.4) is 0 Å². The molecule has 0 bridgehead atoms. The van der Waals surface area contributed by atoms with Crippen molar-refractivity contribution in [2.24, 2.45) is 0 Å². The summed E-state index contributed by atoms with van der Waals surface area (Å²) in [5, 5.41) is 3.22. The fraction of sp³-hybridized carbons (Fsp3) is 0.0833. The molecule has 0 saturated carbocycles. The number of nitrogen functional groups attached to an aromatic ring is 1. The molecule has 0 unspecified atom stereocenters. The van der Waals surface area contributed by atoms with Gasteiger partial charge in [0.05, 0.1) is 0 Å². The summed E-state index contributed by atoms with van der Waals surface area (Å²) in [5.74, 6) is 0.762. The van der Waals surface area contributed by atoms with Gasteiger partial charge in [-0.1, -0.05) is 6.07 Å². The zero-order chi connectivity index (χ0) is 11.4. The molecule has 0 aliphatic rings. The average molecular weight is 231 g/mol. The van der Waals surface area contributed by atoms with Crippen LogP contribution in [0.15, 0.2) is 47.5 Å². The molecule has 0 amide bonds. The van der Waals surface area contributed by atoms with Gasteiger partial charge in [0, 0.05) is 28.5 Å². The number of pyridine rings is 1. The van der Waals surface area contributed by atoms with E-state index in [1.54, 1.807) is 24.0 Å². The van der Waals surface area contributed by atoms with Gasteiger partial charge in [-0.25, -0.2) is 4.98 Å². The van der Waals surface area contributed by atoms with E-state index in [1.165, 1.54) is 4.90 Å². The van der Waals surface area contributed by atoms with Gasteiger partial charge in [0.2, 0.25) is 0 Å². The standard InChI is InChI=1S/C12H13N3S/c1-16-11-4-2-3-10(8-11)15-12-7-9(13)5-6-14-12/h2-8H,1H3,(H3,13,14,15). The van der Waals surface area contributed by atoms with Gasteiger partial charge < -0.3 is 11.1 Å². The second-order valence-electron chi connectivity index (χ2n) is 3.33. The molecular formula is C12H13N3S. The first-order valence-corrected chi connectivity index (χ1v) is 6.13. The van der Waals surface area contributed by atoms with Crippen molar-refractivity contribution in [2.45, 2.75) is 4.90 Å². The Labute approximate surface area is 99.1 Å². The zero-order valence-corrected chi connectivity index (χ0v) is 9.79. The number of anilines is 3. The van der Waals surface area contributed by atoms with Gasteiger partial charge >= 0.3 is 0 Å². The van der Waals surface area contributed by atoms with E-state index in [2.05, 4.69) is 28.7 Å². The van der Waals surface area contributed by atoms with E-state index in [1.807, 2.05) is 18.2 Å². The number of nitrogens with zero attached hydrogens (tertiary/aromatic N) is 1. The second kappa shape index (κ2) is 4.90. The largest absolute Gasteiger partial charge is 0.399 e. The third kappa shape index (κ3) is 2.67. The maximum absolute atomic E-state index is 5.68. The summed E-state index contributed by atoms with van der Waals surface area (Å²) in [7, 11) is 0. The summed E-state index contributed by atoms with van der Waals surface area (Å²) in [6.45, 7) is 0. The molecule has 82 valence electrons. The van der Waals surface area contributed by atoms with E-state index in [0.717, 1.165) is 11.5 Å². The molecule has 0 radical (unpaired) electrons. The van der Waals surface area contributed by atoms with Crippen LogP contribution >= 0.6 is 11.8 Å². The number of nitrogens with one attached hydrogen (secondary N) is 1. The first-order chi connectivity index (χ1) is 7.78. The highest BCUT2D eigenvalue weighted by molar-refractivity contribution is 7.98. The predicted octanol–water partition coefficient (Wildman–Crippen LogP) is 3.13. The van der Waals surface area contributed by atoms with Crippen LogP contribution < -0.4 is 11.1 Å². The lowest BCUT2D eigenvalue weighted by Crippen LogP contribution is -1.94. The zero-order valence-electron chi connectivity index (χ0n) is 8.97. The van der Waals surface area contributed by atoms with E-state index in [9.17, 15) is 0 Å². The summed E-state index contributed by atoms with van der Waals surface area (Å²) in [5.41, 5.74) is 7.41. The number of nitrogens with two attached hydrogens (primary N) is 1. The molecule has 2 aromatic rings. The summed E-state index contributed by atoms with van der Waals surface area (Å²) in [6.07, 6.45) is 3.74. The van der Waals surface area contributed by atoms with Crippen molar-refractivity contribution in [1.82, 2.24) is 4.98 Å². The van der Waals surface area contributed by atoms with Crippen molar-refractivity contribution in [3.63, 3.8) is 0 Å². The lowest BCUT2D eigenvalue weighted by atomic mass is 10.3. The first-order valence-electron chi connectivity index (χ1n) is 4.90. The van der Waals surface area contributed by atoms with Crippen molar-refractivity contribution >= 4 is 29.0 Å². The Morgan fingerprint density at radius 1 is 1.25 bits per heavy atom. The van der Waals surface area contributed by atoms with Gasteiger partial charge in [-0.05, 0) is 30.5 Å². The fourth-order valence-electron chi connectivity index (χ4n) is 1.36. The minimum absolute atomic E-state index is 0.707. The van der Waals surface area contributed by atoms with Crippen LogP contribution in [0.25, 0.3) is 0 Å². The van der Waals surface area contributed by atoms with Crippen LogP contribution in [0.1, 0.15) is 0 Å². The van der Waals surface area contributed by atoms with E-state index in [-0.39, 0.29) is 0 Å². The molecule has 0 aliphatic heterocycles. The maximum Gasteiger partial charge on any atom is 0.132 e. The molecule has 0 fully saturated rings. The van der Waals surface area contributed by atoms with Gasteiger partial charge in [-0.15, -0.1) is 11.8 Å². The molecule has 2 rings (SSSR count). The summed E-state index contributed by atoms with van der Waals surface area (Å²) in [6, 6.07) is 11.7. The van der Waals surface area contributed by atoms with Crippen LogP contribution in [0.4, 0.5) is 17.2 Å². The van der Waals surface area contributed by atoms with Crippen molar-refractivity contribution in [3.8, 4) is 0 Å². The molecule has 1 aromatic carbocycles. The number of benzene rings is 1. The van der Waals surface area contributed by atoms with Gasteiger partial charge in [0.1, 0.15) is 5.82 Å². The third-order valence-corrected chi connectivity index (χ3v) is 2.85. The topological polar surface area (TPSA) is 50.9 Å². The van der Waals surface area contributed by atoms with Crippen molar-refractivity contribution in [3.05, 3.63) is 42.6 Å². The quantitative estimate of drug-likeness (QED) is 0.797. The van der Waals surface area contributed by atoms with Crippen LogP contribution in [-0.2, 0) is 0 Å². The highest BCUT2D eigenvalue weighted by Gasteiger charge is 1.97. The van der Waals surface area contributed by atoms with Gasteiger partial charge in [-0.2, -0.15) is 0 Å². The Kier molecular flexibility index (Phi) is 3.31. The minimum atomic E-state index is 0.707. The van der Waals surface area contributed by atoms with Gasteiger partial charge in [0.25, 0.3) is 0 Å². The van der Waals surface area contributed by atoms with Crippen LogP contribution in [-0.4, -0.2) is 11.2 Å². The molecule has 0 atom stereocenters. The second-order valence-corrected chi connectivity index (χ2v) is 4.21. The summed E-state index contributed by atoms with van der Waals surface area (Å²) < 4.78 is 0. The van der Waals surface area contributed by atoms with Crippen molar-refractivity contribution < 1.29 is 0 Å². The molecule has 1 heterocycles. The highest BCUT2D eigenvalue weighted by Crippen LogP contribution is 2.21. The Morgan fingerprint density at radius 3 is 2.88 bits per heavy atom. The molecule has 0 aliphatic carbocycles. The number of aromatic nitrogens is 1. The highest BCUT2D eigenvalue weighted by atomic mass is 32.2. The van der Waals surface area contributed by atoms with E-state index in [4.69, 9.17) is 5.73 Å². The number of hydrogen-bond donors (Lipinski definition) is 2. The van der Waals surface area contributed by atoms with Crippen LogP contribution in [0.2, 0.25) is 0 Å². The SMILES string of the molecule is CSc1cccc(Nc2cc(N)ccn2)c1. The number of hydrogen-bond acceptors (Lipinski definition) is 4. The number of rotatable bonds is 3. The molecule has 16 heavy (non-hydrogen) atoms. The molecule has 3 N–H and O–H groups in total. The lowest BCUT2D eigenvalue weighted by molar-refractivity contribution is 1.30. The van der Waals surface area contributed by atoms with E-state index >= 15 is 0 Å². The monoisotopic (exact) mass is 231 g/mol. The smallest absolute Gasteiger partial charge is 0.132 e. The van der Waals surface area contributed by atoms with E-state index < -0.39 is 0 Å². The summed E-state index contributed by atoms with van der Waals surface area (Å²) >= 11 is 1.71. The lowest BCUT2D eigenvalue weighted by Gasteiger charge is -2.07. The Balaban J connectivity index is 2.20. The molecule has 3 nitrogen and oxygen atoms in total. The average Bonchev–Trinajstić information content (AvgIpc) is 2.29. The third-order valence-electron chi connectivity index (χ3n) is 2.13. The molecule has 0 saturated heterocycles. The molecule has 4 heteroatoms. The predicted molar refractivity (Wildman–Crippen MR) is 70.2 cm³/mol. The fourth-order valence-corrected chi connectivity index (χ4v) is 1.82. The van der Waals surface area contributed by atoms with E-state index in [0.29, 0.717) is 5.69 Å². The van der Waals surface area contributed by atoms with Crippen LogP contribution in [0.5, 0.6) is 0 Å². The number of thioether (sulfide) groups is 1. The Hall–Kier alpha value is -1.68. The molecule has 1 aromatic heterocycles. The van der Waals surface area contributed by atoms with Crippen molar-refractivity contribution in [1.29, 1.82) is 0 Å². The van der Waals surface area contributed by atoms with Crippen LogP contribution in [0, 0.1) is 0 Å². The van der Waals surface area contributed by atoms with Gasteiger partial charge in [-0.3, -0.25) is 0 Å². The molecule has 0 spiro atoms. The molecular weight excluding hydrogens is 218 g/mol. The Morgan fingerprint density at radius 2 is 2.12 bits per heavy atom. The normalized spacial score (nSPS) is 10.1. The van der Waals surface area contributed by atoms with Crippen molar-refractivity contribution in [2.75, 3.05) is 17.3 Å². The minimum Gasteiger partial charge on any atom is -0.399 e. The van der Waals surface area contributed by atoms with Gasteiger partial charge in [0.15, 0.2) is 0 Å². The maximum atomic E-state index is 5.68. The Bertz CT molecular complexity index is 485. The first kappa shape index (κ1) is 10.8.